The highest BCUT2D eigenvalue weighted by molar-refractivity contribution is 6.13. The second-order valence-electron chi connectivity index (χ2n) is 16.9. The Morgan fingerprint density at radius 3 is 1.62 bits per heavy atom. The standard InChI is InChI=1S/C62H40N2O/c1-2-17-52-43(12-1)26-27-47-38-45(32-37-53(47)52)42-30-35-49(36-31-42)63(50-15-10-14-46(40-50)54-21-11-25-61-62(54)57-20-5-8-24-60(57)65-61)48-33-28-41(29-34-48)44-13-9-16-51(39-44)64-58-22-6-3-18-55(58)56-19-4-7-23-59(56)64/h1-40H. The first-order valence-electron chi connectivity index (χ1n) is 22.2. The Bertz CT molecular complexity index is 3900. The van der Waals surface area contributed by atoms with Crippen LogP contribution in [0.4, 0.5) is 17.1 Å². The Kier molecular flexibility index (Phi) is 8.53. The van der Waals surface area contributed by atoms with Crippen molar-refractivity contribution in [1.29, 1.82) is 0 Å². The number of aromatic nitrogens is 1. The van der Waals surface area contributed by atoms with E-state index < -0.39 is 0 Å². The molecule has 304 valence electrons. The van der Waals surface area contributed by atoms with Crippen molar-refractivity contribution in [2.24, 2.45) is 0 Å². The molecule has 0 unspecified atom stereocenters. The Hall–Kier alpha value is -8.66. The molecule has 0 aliphatic carbocycles. The summed E-state index contributed by atoms with van der Waals surface area (Å²) in [5.74, 6) is 0. The van der Waals surface area contributed by atoms with Gasteiger partial charge in [-0.05, 0) is 134 Å². The zero-order valence-corrected chi connectivity index (χ0v) is 35.4. The van der Waals surface area contributed by atoms with Crippen LogP contribution < -0.4 is 4.90 Å². The molecule has 0 bridgehead atoms. The highest BCUT2D eigenvalue weighted by atomic mass is 16.3. The van der Waals surface area contributed by atoms with Gasteiger partial charge in [0.15, 0.2) is 0 Å². The Morgan fingerprint density at radius 2 is 0.862 bits per heavy atom. The van der Waals surface area contributed by atoms with Crippen LogP contribution in [0.2, 0.25) is 0 Å². The Morgan fingerprint density at radius 1 is 0.308 bits per heavy atom. The van der Waals surface area contributed by atoms with Gasteiger partial charge >= 0.3 is 0 Å². The van der Waals surface area contributed by atoms with Crippen LogP contribution >= 0.6 is 0 Å². The van der Waals surface area contributed by atoms with E-state index in [0.717, 1.165) is 66.9 Å². The molecule has 0 fully saturated rings. The molecule has 0 saturated heterocycles. The average molecular weight is 829 g/mol. The summed E-state index contributed by atoms with van der Waals surface area (Å²) in [6, 6.07) is 87.7. The molecule has 0 saturated carbocycles. The number of fused-ring (bicyclic) bond motifs is 9. The summed E-state index contributed by atoms with van der Waals surface area (Å²) in [6.07, 6.45) is 0. The highest BCUT2D eigenvalue weighted by Crippen LogP contribution is 2.42. The van der Waals surface area contributed by atoms with Crippen molar-refractivity contribution in [2.45, 2.75) is 0 Å². The summed E-state index contributed by atoms with van der Waals surface area (Å²) in [4.78, 5) is 2.37. The van der Waals surface area contributed by atoms with E-state index in [9.17, 15) is 0 Å². The van der Waals surface area contributed by atoms with E-state index >= 15 is 0 Å². The number of para-hydroxylation sites is 3. The maximum Gasteiger partial charge on any atom is 0.136 e. The normalized spacial score (nSPS) is 11.7. The van der Waals surface area contributed by atoms with Gasteiger partial charge in [-0.2, -0.15) is 0 Å². The van der Waals surface area contributed by atoms with E-state index in [1.54, 1.807) is 0 Å². The summed E-state index contributed by atoms with van der Waals surface area (Å²) in [7, 11) is 0. The summed E-state index contributed by atoms with van der Waals surface area (Å²) < 4.78 is 8.71. The van der Waals surface area contributed by atoms with Gasteiger partial charge in [-0.15, -0.1) is 0 Å². The molecule has 0 amide bonds. The fraction of sp³-hybridized carbons (Fsp3) is 0. The highest BCUT2D eigenvalue weighted by Gasteiger charge is 2.18. The molecule has 2 aromatic heterocycles. The molecule has 0 atom stereocenters. The molecule has 11 aromatic carbocycles. The largest absolute Gasteiger partial charge is 0.456 e. The predicted octanol–water partition coefficient (Wildman–Crippen LogP) is 17.5. The van der Waals surface area contributed by atoms with Gasteiger partial charge in [-0.3, -0.25) is 0 Å². The number of hydrogen-bond donors (Lipinski definition) is 0. The molecule has 65 heavy (non-hydrogen) atoms. The van der Waals surface area contributed by atoms with Crippen molar-refractivity contribution in [3.63, 3.8) is 0 Å². The minimum Gasteiger partial charge on any atom is -0.456 e. The minimum atomic E-state index is 0.890. The van der Waals surface area contributed by atoms with Crippen molar-refractivity contribution in [3.05, 3.63) is 243 Å². The van der Waals surface area contributed by atoms with Crippen LogP contribution in [-0.2, 0) is 0 Å². The predicted molar refractivity (Wildman–Crippen MR) is 274 cm³/mol. The Labute approximate surface area is 376 Å². The van der Waals surface area contributed by atoms with Gasteiger partial charge in [-0.1, -0.05) is 164 Å². The van der Waals surface area contributed by atoms with Crippen molar-refractivity contribution in [1.82, 2.24) is 4.57 Å². The smallest absolute Gasteiger partial charge is 0.136 e. The number of rotatable bonds is 7. The number of anilines is 3. The summed E-state index contributed by atoms with van der Waals surface area (Å²) in [6.45, 7) is 0. The number of hydrogen-bond acceptors (Lipinski definition) is 2. The molecule has 0 aliphatic heterocycles. The van der Waals surface area contributed by atoms with E-state index in [2.05, 4.69) is 240 Å². The lowest BCUT2D eigenvalue weighted by Gasteiger charge is -2.26. The lowest BCUT2D eigenvalue weighted by Crippen LogP contribution is -2.10. The van der Waals surface area contributed by atoms with Crippen LogP contribution in [0.3, 0.4) is 0 Å². The maximum absolute atomic E-state index is 6.32. The van der Waals surface area contributed by atoms with Crippen molar-refractivity contribution in [2.75, 3.05) is 4.90 Å². The van der Waals surface area contributed by atoms with Gasteiger partial charge in [0.2, 0.25) is 0 Å². The average Bonchev–Trinajstić information content (AvgIpc) is 3.93. The molecular formula is C62H40N2O. The number of benzene rings is 11. The zero-order chi connectivity index (χ0) is 42.8. The zero-order valence-electron chi connectivity index (χ0n) is 35.4. The molecule has 13 aromatic rings. The molecule has 13 rings (SSSR count). The first-order chi connectivity index (χ1) is 32.2. The quantitative estimate of drug-likeness (QED) is 0.149. The summed E-state index contributed by atoms with van der Waals surface area (Å²) >= 11 is 0. The van der Waals surface area contributed by atoms with Crippen LogP contribution in [0.15, 0.2) is 247 Å². The third kappa shape index (κ3) is 6.20. The molecule has 3 heteroatoms. The van der Waals surface area contributed by atoms with Gasteiger partial charge < -0.3 is 13.9 Å². The van der Waals surface area contributed by atoms with Crippen molar-refractivity contribution < 1.29 is 4.42 Å². The van der Waals surface area contributed by atoms with Gasteiger partial charge in [0.25, 0.3) is 0 Å². The van der Waals surface area contributed by atoms with Crippen LogP contribution in [0.5, 0.6) is 0 Å². The molecule has 2 heterocycles. The summed E-state index contributed by atoms with van der Waals surface area (Å²) in [5, 5.41) is 9.83. The van der Waals surface area contributed by atoms with Crippen LogP contribution in [-0.4, -0.2) is 4.57 Å². The minimum absolute atomic E-state index is 0.890. The fourth-order valence-corrected chi connectivity index (χ4v) is 10.1. The van der Waals surface area contributed by atoms with E-state index in [1.807, 2.05) is 12.1 Å². The molecule has 0 N–H and O–H groups in total. The molecule has 3 nitrogen and oxygen atoms in total. The topological polar surface area (TPSA) is 21.3 Å². The van der Waals surface area contributed by atoms with Gasteiger partial charge in [0, 0.05) is 44.3 Å². The van der Waals surface area contributed by atoms with Crippen LogP contribution in [0, 0.1) is 0 Å². The van der Waals surface area contributed by atoms with Crippen LogP contribution in [0.25, 0.3) is 104 Å². The van der Waals surface area contributed by atoms with Crippen LogP contribution in [0.1, 0.15) is 0 Å². The first-order valence-corrected chi connectivity index (χ1v) is 22.2. The molecule has 0 radical (unpaired) electrons. The van der Waals surface area contributed by atoms with Crippen molar-refractivity contribution in [3.8, 4) is 39.1 Å². The third-order valence-electron chi connectivity index (χ3n) is 13.2. The number of furan rings is 1. The monoisotopic (exact) mass is 828 g/mol. The molecular weight excluding hydrogens is 789 g/mol. The fourth-order valence-electron chi connectivity index (χ4n) is 10.1. The SMILES string of the molecule is c1cc(-c2cccc3oc4ccccc4c23)cc(N(c2ccc(-c3cccc(-n4c5ccccc5c5ccccc54)c3)cc2)c2ccc(-c3ccc4c(ccc5ccccc54)c3)cc2)c1. The van der Waals surface area contributed by atoms with Gasteiger partial charge in [-0.25, -0.2) is 0 Å². The first kappa shape index (κ1) is 36.9. The number of nitrogens with zero attached hydrogens (tertiary/aromatic N) is 2. The Balaban J connectivity index is 0.906. The van der Waals surface area contributed by atoms with Crippen molar-refractivity contribution >= 4 is 82.4 Å². The van der Waals surface area contributed by atoms with E-state index in [4.69, 9.17) is 4.42 Å². The summed E-state index contributed by atoms with van der Waals surface area (Å²) in [5.41, 5.74) is 15.5. The van der Waals surface area contributed by atoms with Gasteiger partial charge in [0.1, 0.15) is 11.2 Å². The molecule has 0 spiro atoms. The lowest BCUT2D eigenvalue weighted by molar-refractivity contribution is 0.669. The third-order valence-corrected chi connectivity index (χ3v) is 13.2. The van der Waals surface area contributed by atoms with E-state index in [-0.39, 0.29) is 0 Å². The lowest BCUT2D eigenvalue weighted by atomic mass is 9.97. The van der Waals surface area contributed by atoms with Gasteiger partial charge in [0.05, 0.1) is 11.0 Å². The van der Waals surface area contributed by atoms with E-state index in [0.29, 0.717) is 0 Å². The second-order valence-corrected chi connectivity index (χ2v) is 16.9. The second kappa shape index (κ2) is 15.0. The van der Waals surface area contributed by atoms with E-state index in [1.165, 1.54) is 54.5 Å². The maximum atomic E-state index is 6.32. The molecule has 0 aliphatic rings.